The number of halogens is 1. The molecule has 0 fully saturated rings. The first-order valence-electron chi connectivity index (χ1n) is 8.11. The highest BCUT2D eigenvalue weighted by Crippen LogP contribution is 2.13. The van der Waals surface area contributed by atoms with Crippen molar-refractivity contribution >= 4 is 5.96 Å². The minimum absolute atomic E-state index is 0.230. The summed E-state index contributed by atoms with van der Waals surface area (Å²) in [5.41, 5.74) is 1.66. The van der Waals surface area contributed by atoms with E-state index in [1.807, 2.05) is 30.3 Å². The Kier molecular flexibility index (Phi) is 7.72. The molecule has 6 heteroatoms. The van der Waals surface area contributed by atoms with Gasteiger partial charge >= 0.3 is 0 Å². The fourth-order valence-corrected chi connectivity index (χ4v) is 2.22. The van der Waals surface area contributed by atoms with Crippen LogP contribution in [-0.4, -0.2) is 33.3 Å². The molecule has 0 atom stereocenters. The highest BCUT2D eigenvalue weighted by Gasteiger charge is 2.03. The summed E-state index contributed by atoms with van der Waals surface area (Å²) in [6, 6.07) is 14.5. The fraction of sp³-hybridized carbons (Fsp3) is 0.316. The van der Waals surface area contributed by atoms with E-state index in [0.717, 1.165) is 11.3 Å². The number of ether oxygens (including phenoxy) is 2. The van der Waals surface area contributed by atoms with E-state index in [-0.39, 0.29) is 5.82 Å². The predicted molar refractivity (Wildman–Crippen MR) is 97.3 cm³/mol. The largest absolute Gasteiger partial charge is 0.491 e. The Hall–Kier alpha value is -2.60. The number of hydrogen-bond acceptors (Lipinski definition) is 3. The Bertz CT molecular complexity index is 692. The van der Waals surface area contributed by atoms with Crippen molar-refractivity contribution in [2.75, 3.05) is 27.4 Å². The van der Waals surface area contributed by atoms with Crippen LogP contribution in [0.15, 0.2) is 53.5 Å². The van der Waals surface area contributed by atoms with Gasteiger partial charge in [0.25, 0.3) is 0 Å². The van der Waals surface area contributed by atoms with Crippen LogP contribution in [0.2, 0.25) is 0 Å². The zero-order valence-electron chi connectivity index (χ0n) is 14.6. The van der Waals surface area contributed by atoms with E-state index >= 15 is 0 Å². The SMILES string of the molecule is CN=C(NCc1cccc(OCCOC)c1)NCc1ccccc1F. The van der Waals surface area contributed by atoms with Crippen LogP contribution in [0.1, 0.15) is 11.1 Å². The Balaban J connectivity index is 1.84. The van der Waals surface area contributed by atoms with Crippen molar-refractivity contribution in [3.05, 3.63) is 65.5 Å². The van der Waals surface area contributed by atoms with E-state index in [4.69, 9.17) is 9.47 Å². The number of rotatable bonds is 8. The molecule has 0 aromatic heterocycles. The molecule has 0 bridgehead atoms. The number of hydrogen-bond donors (Lipinski definition) is 2. The van der Waals surface area contributed by atoms with Gasteiger partial charge in [-0.2, -0.15) is 0 Å². The van der Waals surface area contributed by atoms with Crippen molar-refractivity contribution in [2.45, 2.75) is 13.1 Å². The molecular weight excluding hydrogens is 321 g/mol. The maximum atomic E-state index is 13.6. The van der Waals surface area contributed by atoms with E-state index in [1.165, 1.54) is 6.07 Å². The average Bonchev–Trinajstić information content (AvgIpc) is 2.64. The summed E-state index contributed by atoms with van der Waals surface area (Å²) < 4.78 is 24.2. The van der Waals surface area contributed by atoms with E-state index in [2.05, 4.69) is 15.6 Å². The van der Waals surface area contributed by atoms with Gasteiger partial charge in [0.1, 0.15) is 18.2 Å². The summed E-state index contributed by atoms with van der Waals surface area (Å²) in [4.78, 5) is 4.16. The van der Waals surface area contributed by atoms with Crippen LogP contribution in [0.25, 0.3) is 0 Å². The molecule has 2 aromatic rings. The number of nitrogens with zero attached hydrogens (tertiary/aromatic N) is 1. The second-order valence-corrected chi connectivity index (χ2v) is 5.36. The van der Waals surface area contributed by atoms with Crippen molar-refractivity contribution in [1.29, 1.82) is 0 Å². The minimum Gasteiger partial charge on any atom is -0.491 e. The summed E-state index contributed by atoms with van der Waals surface area (Å²) in [5, 5.41) is 6.31. The molecule has 25 heavy (non-hydrogen) atoms. The quantitative estimate of drug-likeness (QED) is 0.439. The Morgan fingerprint density at radius 3 is 2.60 bits per heavy atom. The van der Waals surface area contributed by atoms with Gasteiger partial charge < -0.3 is 20.1 Å². The van der Waals surface area contributed by atoms with Gasteiger partial charge in [-0.1, -0.05) is 30.3 Å². The van der Waals surface area contributed by atoms with Crippen LogP contribution in [0.3, 0.4) is 0 Å². The summed E-state index contributed by atoms with van der Waals surface area (Å²) in [5.74, 6) is 1.17. The van der Waals surface area contributed by atoms with Gasteiger partial charge in [0.15, 0.2) is 5.96 Å². The van der Waals surface area contributed by atoms with Crippen LogP contribution >= 0.6 is 0 Å². The standard InChI is InChI=1S/C19H24FN3O2/c1-21-19(23-14-16-7-3-4-9-18(16)20)22-13-15-6-5-8-17(12-15)25-11-10-24-2/h3-9,12H,10-11,13-14H2,1-2H3,(H2,21,22,23). The molecule has 0 aliphatic heterocycles. The lowest BCUT2D eigenvalue weighted by Crippen LogP contribution is -2.36. The lowest BCUT2D eigenvalue weighted by Gasteiger charge is -2.13. The van der Waals surface area contributed by atoms with E-state index in [1.54, 1.807) is 26.3 Å². The lowest BCUT2D eigenvalue weighted by atomic mass is 10.2. The van der Waals surface area contributed by atoms with Crippen LogP contribution in [-0.2, 0) is 17.8 Å². The van der Waals surface area contributed by atoms with Gasteiger partial charge in [-0.05, 0) is 23.8 Å². The lowest BCUT2D eigenvalue weighted by molar-refractivity contribution is 0.146. The molecule has 0 radical (unpaired) electrons. The van der Waals surface area contributed by atoms with E-state index in [9.17, 15) is 4.39 Å². The highest BCUT2D eigenvalue weighted by molar-refractivity contribution is 5.79. The Labute approximate surface area is 147 Å². The van der Waals surface area contributed by atoms with Gasteiger partial charge in [0.05, 0.1) is 6.61 Å². The first-order chi connectivity index (χ1) is 12.2. The van der Waals surface area contributed by atoms with Gasteiger partial charge in [-0.25, -0.2) is 4.39 Å². The minimum atomic E-state index is -0.230. The summed E-state index contributed by atoms with van der Waals surface area (Å²) >= 11 is 0. The maximum Gasteiger partial charge on any atom is 0.191 e. The molecule has 0 heterocycles. The number of methoxy groups -OCH3 is 1. The van der Waals surface area contributed by atoms with E-state index in [0.29, 0.717) is 37.8 Å². The third-order valence-electron chi connectivity index (χ3n) is 3.54. The monoisotopic (exact) mass is 345 g/mol. The molecule has 2 aromatic carbocycles. The predicted octanol–water partition coefficient (Wildman–Crippen LogP) is 2.72. The van der Waals surface area contributed by atoms with Crippen molar-refractivity contribution in [3.63, 3.8) is 0 Å². The molecule has 0 saturated carbocycles. The van der Waals surface area contributed by atoms with Crippen molar-refractivity contribution in [1.82, 2.24) is 10.6 Å². The van der Waals surface area contributed by atoms with Gasteiger partial charge in [0.2, 0.25) is 0 Å². The number of guanidine groups is 1. The maximum absolute atomic E-state index is 13.6. The molecule has 5 nitrogen and oxygen atoms in total. The van der Waals surface area contributed by atoms with Crippen molar-refractivity contribution < 1.29 is 13.9 Å². The third kappa shape index (κ3) is 6.43. The zero-order valence-corrected chi connectivity index (χ0v) is 14.6. The molecule has 0 saturated heterocycles. The van der Waals surface area contributed by atoms with Gasteiger partial charge in [-0.15, -0.1) is 0 Å². The van der Waals surface area contributed by atoms with Crippen molar-refractivity contribution in [3.8, 4) is 5.75 Å². The molecule has 0 amide bonds. The summed E-state index contributed by atoms with van der Waals surface area (Å²) in [6.45, 7) is 2.01. The molecule has 0 aliphatic carbocycles. The Morgan fingerprint density at radius 1 is 1.04 bits per heavy atom. The smallest absolute Gasteiger partial charge is 0.191 e. The highest BCUT2D eigenvalue weighted by atomic mass is 19.1. The van der Waals surface area contributed by atoms with Crippen LogP contribution in [0.5, 0.6) is 5.75 Å². The summed E-state index contributed by atoms with van der Waals surface area (Å²) in [7, 11) is 3.32. The van der Waals surface area contributed by atoms with Gasteiger partial charge in [0, 0.05) is 32.8 Å². The molecule has 0 aliphatic rings. The van der Waals surface area contributed by atoms with E-state index < -0.39 is 0 Å². The second kappa shape index (κ2) is 10.3. The summed E-state index contributed by atoms with van der Waals surface area (Å²) in [6.07, 6.45) is 0. The molecule has 2 rings (SSSR count). The molecule has 0 spiro atoms. The van der Waals surface area contributed by atoms with Crippen LogP contribution < -0.4 is 15.4 Å². The second-order valence-electron chi connectivity index (χ2n) is 5.36. The number of aliphatic imine (C=N–C) groups is 1. The van der Waals surface area contributed by atoms with Crippen LogP contribution in [0.4, 0.5) is 4.39 Å². The van der Waals surface area contributed by atoms with Gasteiger partial charge in [-0.3, -0.25) is 4.99 Å². The molecule has 2 N–H and O–H groups in total. The zero-order chi connectivity index (χ0) is 17.9. The Morgan fingerprint density at radius 2 is 1.84 bits per heavy atom. The van der Waals surface area contributed by atoms with Crippen molar-refractivity contribution in [2.24, 2.45) is 4.99 Å². The molecular formula is C19H24FN3O2. The third-order valence-corrected chi connectivity index (χ3v) is 3.54. The average molecular weight is 345 g/mol. The fourth-order valence-electron chi connectivity index (χ4n) is 2.22. The first kappa shape index (κ1) is 18.7. The normalized spacial score (nSPS) is 11.2. The first-order valence-corrected chi connectivity index (χ1v) is 8.11. The number of nitrogens with one attached hydrogen (secondary N) is 2. The molecule has 134 valence electrons. The number of benzene rings is 2. The molecule has 0 unspecified atom stereocenters. The van der Waals surface area contributed by atoms with Crippen LogP contribution in [0, 0.1) is 5.82 Å². The topological polar surface area (TPSA) is 54.9 Å².